The molecule has 2 aromatic carbocycles. The molecule has 10 heteroatoms. The second-order valence-corrected chi connectivity index (χ2v) is 13.1. The van der Waals surface area contributed by atoms with E-state index in [9.17, 15) is 14.4 Å². The second-order valence-electron chi connectivity index (χ2n) is 13.1. The molecule has 0 aliphatic carbocycles. The summed E-state index contributed by atoms with van der Waals surface area (Å²) in [4.78, 5) is 39.8. The van der Waals surface area contributed by atoms with Gasteiger partial charge in [-0.25, -0.2) is 14.5 Å². The summed E-state index contributed by atoms with van der Waals surface area (Å²) in [7, 11) is 0. The van der Waals surface area contributed by atoms with Gasteiger partial charge >= 0.3 is 12.2 Å². The van der Waals surface area contributed by atoms with Crippen LogP contribution >= 0.6 is 0 Å². The van der Waals surface area contributed by atoms with Gasteiger partial charge in [-0.1, -0.05) is 60.7 Å². The molecule has 0 bridgehead atoms. The SMILES string of the molecule is CC(C)n1c(C(=O)NCCCCN(C(=N)NC(=O)OC(C)(C)C)C(=O)OC(C)(C)C)cc(-c2ccccc2)c1-c1ccccc1. The van der Waals surface area contributed by atoms with Gasteiger partial charge in [0, 0.05) is 24.7 Å². The van der Waals surface area contributed by atoms with Crippen LogP contribution in [0.3, 0.4) is 0 Å². The first-order valence-electron chi connectivity index (χ1n) is 15.3. The van der Waals surface area contributed by atoms with E-state index in [0.717, 1.165) is 27.3 Å². The van der Waals surface area contributed by atoms with Gasteiger partial charge in [0.05, 0.1) is 5.69 Å². The number of guanidine groups is 1. The first kappa shape index (κ1) is 34.9. The number of carbonyl (C=O) groups is 3. The fourth-order valence-electron chi connectivity index (χ4n) is 4.73. The molecule has 3 rings (SSSR count). The van der Waals surface area contributed by atoms with Gasteiger partial charge in [0.25, 0.3) is 5.91 Å². The first-order valence-corrected chi connectivity index (χ1v) is 15.3. The molecular formula is C35H47N5O5. The lowest BCUT2D eigenvalue weighted by atomic mass is 10.0. The molecule has 3 N–H and O–H groups in total. The monoisotopic (exact) mass is 617 g/mol. The largest absolute Gasteiger partial charge is 0.444 e. The predicted octanol–water partition coefficient (Wildman–Crippen LogP) is 7.61. The Kier molecular flexibility index (Phi) is 11.6. The van der Waals surface area contributed by atoms with Crippen LogP contribution in [0.15, 0.2) is 66.7 Å². The molecule has 45 heavy (non-hydrogen) atoms. The fraction of sp³-hybridized carbons (Fsp3) is 0.429. The third-order valence-corrected chi connectivity index (χ3v) is 6.51. The molecule has 0 aliphatic heterocycles. The Labute approximate surface area is 266 Å². The first-order chi connectivity index (χ1) is 21.1. The summed E-state index contributed by atoms with van der Waals surface area (Å²) in [6.45, 7) is 14.9. The Bertz CT molecular complexity index is 1470. The number of nitrogens with zero attached hydrogens (tertiary/aromatic N) is 2. The standard InChI is InChI=1S/C35H47N5O5/c1-24(2)40-28(23-27(25-17-11-9-12-18-25)29(40)26-19-13-10-14-20-26)30(41)37-21-15-16-22-39(33(43)45-35(6,7)8)31(36)38-32(42)44-34(3,4)5/h9-14,17-20,23-24H,15-16,21-22H2,1-8H3,(H,37,41)(H2,36,38,42). The van der Waals surface area contributed by atoms with Crippen LogP contribution in [0.1, 0.15) is 84.8 Å². The number of benzene rings is 2. The molecule has 242 valence electrons. The van der Waals surface area contributed by atoms with Gasteiger partial charge in [0.15, 0.2) is 0 Å². The molecule has 0 saturated heterocycles. The number of nitrogens with one attached hydrogen (secondary N) is 3. The molecule has 1 aromatic heterocycles. The van der Waals surface area contributed by atoms with E-state index in [4.69, 9.17) is 14.9 Å². The molecular weight excluding hydrogens is 570 g/mol. The van der Waals surface area contributed by atoms with Crippen molar-refractivity contribution in [2.24, 2.45) is 0 Å². The molecule has 0 saturated carbocycles. The zero-order valence-corrected chi connectivity index (χ0v) is 27.7. The van der Waals surface area contributed by atoms with Crippen LogP contribution in [-0.2, 0) is 9.47 Å². The maximum atomic E-state index is 13.6. The van der Waals surface area contributed by atoms with Crippen LogP contribution in [0.2, 0.25) is 0 Å². The Balaban J connectivity index is 1.73. The summed E-state index contributed by atoms with van der Waals surface area (Å²) in [6.07, 6.45) is -0.645. The maximum Gasteiger partial charge on any atom is 0.417 e. The Morgan fingerprint density at radius 3 is 1.93 bits per heavy atom. The van der Waals surface area contributed by atoms with Gasteiger partial charge in [-0.15, -0.1) is 0 Å². The predicted molar refractivity (Wildman–Crippen MR) is 177 cm³/mol. The highest BCUT2D eigenvalue weighted by Crippen LogP contribution is 2.37. The zero-order valence-electron chi connectivity index (χ0n) is 27.7. The van der Waals surface area contributed by atoms with Gasteiger partial charge in [0.1, 0.15) is 16.9 Å². The number of unbranched alkanes of at least 4 members (excludes halogenated alkanes) is 1. The number of alkyl carbamates (subject to hydrolysis) is 1. The number of aromatic nitrogens is 1. The topological polar surface area (TPSA) is 126 Å². The number of carbonyl (C=O) groups excluding carboxylic acids is 3. The van der Waals surface area contributed by atoms with Crippen LogP contribution < -0.4 is 10.6 Å². The third-order valence-electron chi connectivity index (χ3n) is 6.51. The van der Waals surface area contributed by atoms with Crippen LogP contribution in [0.25, 0.3) is 22.4 Å². The van der Waals surface area contributed by atoms with Crippen molar-refractivity contribution in [1.29, 1.82) is 5.41 Å². The van der Waals surface area contributed by atoms with E-state index < -0.39 is 29.3 Å². The van der Waals surface area contributed by atoms with Crippen molar-refractivity contribution in [3.05, 3.63) is 72.4 Å². The lowest BCUT2D eigenvalue weighted by Gasteiger charge is -2.28. The van der Waals surface area contributed by atoms with Gasteiger partial charge in [0.2, 0.25) is 5.96 Å². The summed E-state index contributed by atoms with van der Waals surface area (Å²) in [5.41, 5.74) is 3.00. The molecule has 3 aromatic rings. The molecule has 1 heterocycles. The molecule has 0 radical (unpaired) electrons. The highest BCUT2D eigenvalue weighted by Gasteiger charge is 2.28. The van der Waals surface area contributed by atoms with Crippen LogP contribution in [0.4, 0.5) is 9.59 Å². The van der Waals surface area contributed by atoms with E-state index in [1.54, 1.807) is 41.5 Å². The van der Waals surface area contributed by atoms with Crippen molar-refractivity contribution in [3.63, 3.8) is 0 Å². The van der Waals surface area contributed by atoms with Crippen molar-refractivity contribution in [1.82, 2.24) is 20.1 Å². The number of ether oxygens (including phenoxy) is 2. The normalized spacial score (nSPS) is 11.6. The van der Waals surface area contributed by atoms with Crippen molar-refractivity contribution < 1.29 is 23.9 Å². The van der Waals surface area contributed by atoms with E-state index in [1.165, 1.54) is 0 Å². The van der Waals surface area contributed by atoms with Crippen molar-refractivity contribution in [3.8, 4) is 22.4 Å². The average molecular weight is 618 g/mol. The minimum atomic E-state index is -0.841. The van der Waals surface area contributed by atoms with Crippen LogP contribution in [0, 0.1) is 5.41 Å². The van der Waals surface area contributed by atoms with Crippen molar-refractivity contribution in [2.75, 3.05) is 13.1 Å². The number of hydrogen-bond acceptors (Lipinski definition) is 6. The Morgan fingerprint density at radius 2 is 1.40 bits per heavy atom. The smallest absolute Gasteiger partial charge is 0.417 e. The average Bonchev–Trinajstić information content (AvgIpc) is 3.35. The molecule has 0 fully saturated rings. The quantitative estimate of drug-likeness (QED) is 0.129. The summed E-state index contributed by atoms with van der Waals surface area (Å²) in [5, 5.41) is 13.7. The highest BCUT2D eigenvalue weighted by atomic mass is 16.6. The minimum absolute atomic E-state index is 0.0179. The van der Waals surface area contributed by atoms with E-state index in [1.807, 2.05) is 66.7 Å². The fourth-order valence-corrected chi connectivity index (χ4v) is 4.73. The van der Waals surface area contributed by atoms with Gasteiger partial charge in [-0.05, 0) is 85.4 Å². The zero-order chi connectivity index (χ0) is 33.4. The molecule has 10 nitrogen and oxygen atoms in total. The maximum absolute atomic E-state index is 13.6. The van der Waals surface area contributed by atoms with Gasteiger partial charge in [-0.2, -0.15) is 0 Å². The van der Waals surface area contributed by atoms with Crippen LogP contribution in [-0.4, -0.2) is 57.8 Å². The number of rotatable bonds is 9. The number of amides is 3. The summed E-state index contributed by atoms with van der Waals surface area (Å²) in [5.74, 6) is -0.648. The van der Waals surface area contributed by atoms with Crippen LogP contribution in [0.5, 0.6) is 0 Å². The summed E-state index contributed by atoms with van der Waals surface area (Å²) < 4.78 is 12.8. The molecule has 0 unspecified atom stereocenters. The highest BCUT2D eigenvalue weighted by molar-refractivity contribution is 6.00. The molecule has 3 amide bonds. The van der Waals surface area contributed by atoms with Gasteiger partial charge in [-0.3, -0.25) is 15.5 Å². The van der Waals surface area contributed by atoms with E-state index in [2.05, 4.69) is 29.0 Å². The lowest BCUT2D eigenvalue weighted by Crippen LogP contribution is -2.49. The van der Waals surface area contributed by atoms with Crippen molar-refractivity contribution >= 4 is 24.1 Å². The summed E-state index contributed by atoms with van der Waals surface area (Å²) >= 11 is 0. The Hall–Kier alpha value is -4.60. The minimum Gasteiger partial charge on any atom is -0.444 e. The van der Waals surface area contributed by atoms with Gasteiger partial charge < -0.3 is 19.4 Å². The lowest BCUT2D eigenvalue weighted by molar-refractivity contribution is 0.0354. The van der Waals surface area contributed by atoms with Crippen molar-refractivity contribution in [2.45, 2.75) is 85.5 Å². The Morgan fingerprint density at radius 1 is 0.844 bits per heavy atom. The van der Waals surface area contributed by atoms with E-state index >= 15 is 0 Å². The van der Waals surface area contributed by atoms with E-state index in [-0.39, 0.29) is 18.5 Å². The third kappa shape index (κ3) is 10.2. The van der Waals surface area contributed by atoms with E-state index in [0.29, 0.717) is 25.1 Å². The molecule has 0 spiro atoms. The number of hydrogen-bond donors (Lipinski definition) is 3. The summed E-state index contributed by atoms with van der Waals surface area (Å²) in [6, 6.07) is 22.0. The second kappa shape index (κ2) is 14.9. The molecule has 0 atom stereocenters. The molecule has 0 aliphatic rings.